The summed E-state index contributed by atoms with van der Waals surface area (Å²) in [6.07, 6.45) is 0.157. The third-order valence-corrected chi connectivity index (χ3v) is 8.43. The fourth-order valence-corrected chi connectivity index (χ4v) is 7.45. The van der Waals surface area contributed by atoms with E-state index in [4.69, 9.17) is 16.3 Å². The van der Waals surface area contributed by atoms with Crippen molar-refractivity contribution in [3.05, 3.63) is 28.8 Å². The van der Waals surface area contributed by atoms with E-state index < -0.39 is 25.1 Å². The topological polar surface area (TPSA) is 80.8 Å². The molecule has 0 amide bonds. The number of hydrogen-bond donors (Lipinski definition) is 0. The molecule has 0 radical (unpaired) electrons. The van der Waals surface area contributed by atoms with Gasteiger partial charge in [0.05, 0.1) is 16.8 Å². The molecule has 3 rings (SSSR count). The summed E-state index contributed by atoms with van der Waals surface area (Å²) >= 11 is 5.95. The quantitative estimate of drug-likeness (QED) is 0.782. The first-order valence-electron chi connectivity index (χ1n) is 6.88. The van der Waals surface area contributed by atoms with Gasteiger partial charge in [-0.1, -0.05) is 11.6 Å². The molecule has 2 heterocycles. The molecule has 0 saturated carbocycles. The average Bonchev–Trinajstić information content (AvgIpc) is 2.68. The summed E-state index contributed by atoms with van der Waals surface area (Å²) in [5.74, 6) is 0.250. The third kappa shape index (κ3) is 3.10. The number of nitrogens with zero attached hydrogens (tertiary/aromatic N) is 1. The van der Waals surface area contributed by atoms with Crippen molar-refractivity contribution in [2.45, 2.75) is 18.2 Å². The minimum absolute atomic E-state index is 0.0658. The first-order valence-corrected chi connectivity index (χ1v) is 10.6. The van der Waals surface area contributed by atoms with Crippen molar-refractivity contribution in [2.24, 2.45) is 0 Å². The van der Waals surface area contributed by atoms with E-state index in [1.165, 1.54) is 4.31 Å². The lowest BCUT2D eigenvalue weighted by atomic mass is 10.2. The summed E-state index contributed by atoms with van der Waals surface area (Å²) in [6, 6.07) is 5.08. The van der Waals surface area contributed by atoms with Gasteiger partial charge in [0.25, 0.3) is 0 Å². The molecule has 0 aromatic heterocycles. The van der Waals surface area contributed by atoms with Crippen molar-refractivity contribution in [1.82, 2.24) is 4.31 Å². The van der Waals surface area contributed by atoms with Crippen LogP contribution >= 0.6 is 11.6 Å². The van der Waals surface area contributed by atoms with Crippen LogP contribution < -0.4 is 4.74 Å². The van der Waals surface area contributed by atoms with Gasteiger partial charge in [-0.3, -0.25) is 0 Å². The fourth-order valence-electron chi connectivity index (χ4n) is 2.76. The zero-order valence-corrected chi connectivity index (χ0v) is 14.1. The van der Waals surface area contributed by atoms with Crippen LogP contribution in [0.1, 0.15) is 12.0 Å². The molecule has 22 heavy (non-hydrogen) atoms. The summed E-state index contributed by atoms with van der Waals surface area (Å²) in [5.41, 5.74) is 0.689. The summed E-state index contributed by atoms with van der Waals surface area (Å²) in [6.45, 7) is 0.577. The van der Waals surface area contributed by atoms with Crippen molar-refractivity contribution in [1.29, 1.82) is 0 Å². The van der Waals surface area contributed by atoms with E-state index in [2.05, 4.69) is 0 Å². The highest BCUT2D eigenvalue weighted by atomic mass is 35.5. The van der Waals surface area contributed by atoms with Crippen molar-refractivity contribution < 1.29 is 21.6 Å². The molecule has 0 spiro atoms. The molecule has 2 aliphatic rings. The molecule has 6 nitrogen and oxygen atoms in total. The standard InChI is InChI=1S/C13H16ClNO5S2/c14-11-1-2-13-10(7-11)8-15(4-5-20-13)22(18,19)12-3-6-21(16,17)9-12/h1-2,7,12H,3-6,8-9H2. The van der Waals surface area contributed by atoms with Crippen LogP contribution in [0.15, 0.2) is 18.2 Å². The monoisotopic (exact) mass is 365 g/mol. The second-order valence-electron chi connectivity index (χ2n) is 5.50. The molecule has 1 saturated heterocycles. The Bertz CT molecular complexity index is 791. The Balaban J connectivity index is 1.88. The molecule has 2 aliphatic heterocycles. The molecule has 0 bridgehead atoms. The minimum atomic E-state index is -3.68. The Labute approximate surface area is 135 Å². The highest BCUT2D eigenvalue weighted by Crippen LogP contribution is 2.30. The Morgan fingerprint density at radius 1 is 1.32 bits per heavy atom. The zero-order chi connectivity index (χ0) is 16.0. The van der Waals surface area contributed by atoms with Gasteiger partial charge in [0.15, 0.2) is 9.84 Å². The van der Waals surface area contributed by atoms with E-state index in [0.29, 0.717) is 16.3 Å². The van der Waals surface area contributed by atoms with Gasteiger partial charge in [-0.05, 0) is 24.6 Å². The number of ether oxygens (including phenoxy) is 1. The van der Waals surface area contributed by atoms with Crippen molar-refractivity contribution in [2.75, 3.05) is 24.7 Å². The summed E-state index contributed by atoms with van der Waals surface area (Å²) in [4.78, 5) is 0. The van der Waals surface area contributed by atoms with Crippen molar-refractivity contribution >= 4 is 31.5 Å². The molecule has 0 aliphatic carbocycles. The Morgan fingerprint density at radius 2 is 2.09 bits per heavy atom. The maximum atomic E-state index is 12.7. The predicted octanol–water partition coefficient (Wildman–Crippen LogP) is 1.05. The lowest BCUT2D eigenvalue weighted by Gasteiger charge is -2.23. The number of halogens is 1. The number of sulfone groups is 1. The van der Waals surface area contributed by atoms with Crippen LogP contribution in [0.5, 0.6) is 5.75 Å². The lowest BCUT2D eigenvalue weighted by molar-refractivity contribution is 0.292. The largest absolute Gasteiger partial charge is 0.492 e. The lowest BCUT2D eigenvalue weighted by Crippen LogP contribution is -2.40. The average molecular weight is 366 g/mol. The van der Waals surface area contributed by atoms with Gasteiger partial charge in [0.2, 0.25) is 10.0 Å². The van der Waals surface area contributed by atoms with E-state index in [0.717, 1.165) is 0 Å². The van der Waals surface area contributed by atoms with Crippen LogP contribution in [-0.4, -0.2) is 51.0 Å². The van der Waals surface area contributed by atoms with Crippen LogP contribution in [0.4, 0.5) is 0 Å². The molecule has 1 aromatic rings. The normalized spacial score (nSPS) is 25.2. The minimum Gasteiger partial charge on any atom is -0.492 e. The van der Waals surface area contributed by atoms with Crippen LogP contribution in [-0.2, 0) is 26.4 Å². The number of hydrogen-bond acceptors (Lipinski definition) is 5. The van der Waals surface area contributed by atoms with Crippen LogP contribution in [0.2, 0.25) is 5.02 Å². The smallest absolute Gasteiger partial charge is 0.218 e. The van der Waals surface area contributed by atoms with Gasteiger partial charge in [-0.2, -0.15) is 4.31 Å². The van der Waals surface area contributed by atoms with E-state index in [9.17, 15) is 16.8 Å². The molecule has 1 fully saturated rings. The van der Waals surface area contributed by atoms with Crippen molar-refractivity contribution in [3.63, 3.8) is 0 Å². The van der Waals surface area contributed by atoms with E-state index >= 15 is 0 Å². The second kappa shape index (κ2) is 5.67. The van der Waals surface area contributed by atoms with E-state index in [-0.39, 0.29) is 37.6 Å². The third-order valence-electron chi connectivity index (χ3n) is 3.94. The maximum Gasteiger partial charge on any atom is 0.218 e. The summed E-state index contributed by atoms with van der Waals surface area (Å²) in [7, 11) is -6.93. The van der Waals surface area contributed by atoms with Crippen LogP contribution in [0, 0.1) is 0 Å². The first-order chi connectivity index (χ1) is 10.3. The van der Waals surface area contributed by atoms with Gasteiger partial charge >= 0.3 is 0 Å². The number of rotatable bonds is 2. The second-order valence-corrected chi connectivity index (χ2v) is 10.4. The SMILES string of the molecule is O=S1(=O)CCC(S(=O)(=O)N2CCOc3ccc(Cl)cc3C2)C1. The number of benzene rings is 1. The van der Waals surface area contributed by atoms with Crippen molar-refractivity contribution in [3.8, 4) is 5.75 Å². The molecule has 9 heteroatoms. The Hall–Kier alpha value is -0.830. The van der Waals surface area contributed by atoms with Gasteiger partial charge in [-0.25, -0.2) is 16.8 Å². The molecular formula is C13H16ClNO5S2. The molecular weight excluding hydrogens is 350 g/mol. The van der Waals surface area contributed by atoms with Gasteiger partial charge in [0, 0.05) is 23.7 Å². The number of fused-ring (bicyclic) bond motifs is 1. The zero-order valence-electron chi connectivity index (χ0n) is 11.7. The highest BCUT2D eigenvalue weighted by molar-refractivity contribution is 7.95. The predicted molar refractivity (Wildman–Crippen MR) is 83.3 cm³/mol. The van der Waals surface area contributed by atoms with E-state index in [1.54, 1.807) is 18.2 Å². The Morgan fingerprint density at radius 3 is 2.77 bits per heavy atom. The number of sulfonamides is 1. The molecule has 1 aromatic carbocycles. The van der Waals surface area contributed by atoms with Gasteiger partial charge in [-0.15, -0.1) is 0 Å². The fraction of sp³-hybridized carbons (Fsp3) is 0.538. The summed E-state index contributed by atoms with van der Waals surface area (Å²) < 4.78 is 55.4. The summed E-state index contributed by atoms with van der Waals surface area (Å²) in [5, 5.41) is -0.358. The highest BCUT2D eigenvalue weighted by Gasteiger charge is 2.41. The molecule has 1 unspecified atom stereocenters. The van der Waals surface area contributed by atoms with Crippen LogP contribution in [0.25, 0.3) is 0 Å². The Kier molecular flexibility index (Phi) is 4.13. The van der Waals surface area contributed by atoms with Crippen LogP contribution in [0.3, 0.4) is 0 Å². The molecule has 122 valence electrons. The van der Waals surface area contributed by atoms with Gasteiger partial charge < -0.3 is 4.74 Å². The van der Waals surface area contributed by atoms with E-state index in [1.807, 2.05) is 0 Å². The molecule has 0 N–H and O–H groups in total. The van der Waals surface area contributed by atoms with Gasteiger partial charge in [0.1, 0.15) is 12.4 Å². The maximum absolute atomic E-state index is 12.7. The molecule has 1 atom stereocenters. The first kappa shape index (κ1) is 16.0.